The summed E-state index contributed by atoms with van der Waals surface area (Å²) < 4.78 is 10.8. The lowest BCUT2D eigenvalue weighted by atomic mass is 9.83. The molecule has 0 spiro atoms. The molecule has 1 aliphatic heterocycles. The van der Waals surface area contributed by atoms with E-state index in [1.807, 2.05) is 30.3 Å². The lowest BCUT2D eigenvalue weighted by Gasteiger charge is -2.34. The molecular formula is C20H20N2O3. The number of ether oxygens (including phenoxy) is 2. The Morgan fingerprint density at radius 3 is 2.44 bits per heavy atom. The number of aryl methyl sites for hydroxylation is 1. The SMILES string of the molecule is COc1cc(OC)cc(C2NC(=O)NC3=C2CCc2ccccc23)c1. The summed E-state index contributed by atoms with van der Waals surface area (Å²) in [4.78, 5) is 12.3. The normalized spacial score (nSPS) is 18.6. The Morgan fingerprint density at radius 1 is 1.00 bits per heavy atom. The highest BCUT2D eigenvalue weighted by molar-refractivity contribution is 5.91. The number of hydrogen-bond acceptors (Lipinski definition) is 3. The molecule has 2 aliphatic rings. The van der Waals surface area contributed by atoms with Crippen molar-refractivity contribution in [2.45, 2.75) is 18.9 Å². The van der Waals surface area contributed by atoms with Crippen LogP contribution in [0.3, 0.4) is 0 Å². The van der Waals surface area contributed by atoms with Crippen molar-refractivity contribution in [2.75, 3.05) is 14.2 Å². The van der Waals surface area contributed by atoms with Gasteiger partial charge in [0.2, 0.25) is 0 Å². The Kier molecular flexibility index (Phi) is 3.84. The average molecular weight is 336 g/mol. The molecule has 0 saturated carbocycles. The summed E-state index contributed by atoms with van der Waals surface area (Å²) in [5.41, 5.74) is 5.45. The van der Waals surface area contributed by atoms with Gasteiger partial charge in [0.1, 0.15) is 11.5 Å². The van der Waals surface area contributed by atoms with E-state index in [9.17, 15) is 4.79 Å². The third-order valence-corrected chi connectivity index (χ3v) is 4.84. The van der Waals surface area contributed by atoms with Gasteiger partial charge in [0.15, 0.2) is 0 Å². The molecular weight excluding hydrogens is 316 g/mol. The zero-order chi connectivity index (χ0) is 17.4. The van der Waals surface area contributed by atoms with Crippen molar-refractivity contribution in [3.05, 3.63) is 64.7 Å². The number of benzene rings is 2. The van der Waals surface area contributed by atoms with Crippen molar-refractivity contribution >= 4 is 11.7 Å². The number of urea groups is 1. The average Bonchev–Trinajstić information content (AvgIpc) is 2.66. The minimum Gasteiger partial charge on any atom is -0.497 e. The van der Waals surface area contributed by atoms with Gasteiger partial charge in [-0.25, -0.2) is 4.79 Å². The highest BCUT2D eigenvalue weighted by atomic mass is 16.5. The van der Waals surface area contributed by atoms with Crippen LogP contribution in [0.2, 0.25) is 0 Å². The van der Waals surface area contributed by atoms with Crippen molar-refractivity contribution in [1.82, 2.24) is 10.6 Å². The van der Waals surface area contributed by atoms with E-state index < -0.39 is 0 Å². The Balaban J connectivity index is 1.84. The zero-order valence-corrected chi connectivity index (χ0v) is 14.3. The maximum absolute atomic E-state index is 12.3. The molecule has 0 radical (unpaired) electrons. The van der Waals surface area contributed by atoms with Gasteiger partial charge in [0.05, 0.1) is 26.0 Å². The van der Waals surface area contributed by atoms with Crippen LogP contribution in [0, 0.1) is 0 Å². The third kappa shape index (κ3) is 2.71. The second kappa shape index (κ2) is 6.16. The van der Waals surface area contributed by atoms with E-state index in [4.69, 9.17) is 9.47 Å². The van der Waals surface area contributed by atoms with Crippen molar-refractivity contribution in [3.8, 4) is 11.5 Å². The van der Waals surface area contributed by atoms with Gasteiger partial charge in [-0.2, -0.15) is 0 Å². The summed E-state index contributed by atoms with van der Waals surface area (Å²) >= 11 is 0. The summed E-state index contributed by atoms with van der Waals surface area (Å²) in [6, 6.07) is 13.6. The van der Waals surface area contributed by atoms with Crippen molar-refractivity contribution in [1.29, 1.82) is 0 Å². The van der Waals surface area contributed by atoms with Gasteiger partial charge in [-0.3, -0.25) is 0 Å². The van der Waals surface area contributed by atoms with Gasteiger partial charge in [-0.1, -0.05) is 24.3 Å². The van der Waals surface area contributed by atoms with Crippen molar-refractivity contribution < 1.29 is 14.3 Å². The maximum atomic E-state index is 12.3. The molecule has 2 N–H and O–H groups in total. The molecule has 5 nitrogen and oxygen atoms in total. The van der Waals surface area contributed by atoms with E-state index in [1.165, 1.54) is 11.1 Å². The summed E-state index contributed by atoms with van der Waals surface area (Å²) in [7, 11) is 3.25. The molecule has 1 unspecified atom stereocenters. The van der Waals surface area contributed by atoms with Crippen LogP contribution in [0.4, 0.5) is 4.79 Å². The van der Waals surface area contributed by atoms with E-state index in [0.717, 1.165) is 29.7 Å². The predicted octanol–water partition coefficient (Wildman–Crippen LogP) is 3.42. The number of rotatable bonds is 3. The first kappa shape index (κ1) is 15.6. The van der Waals surface area contributed by atoms with Gasteiger partial charge in [-0.15, -0.1) is 0 Å². The molecule has 1 heterocycles. The third-order valence-electron chi connectivity index (χ3n) is 4.84. The molecule has 0 aromatic heterocycles. The molecule has 2 amide bonds. The van der Waals surface area contributed by atoms with E-state index in [-0.39, 0.29) is 12.1 Å². The van der Waals surface area contributed by atoms with E-state index in [1.54, 1.807) is 14.2 Å². The first-order chi connectivity index (χ1) is 12.2. The van der Waals surface area contributed by atoms with Crippen LogP contribution in [0.1, 0.15) is 29.2 Å². The van der Waals surface area contributed by atoms with Crippen LogP contribution in [-0.2, 0) is 6.42 Å². The first-order valence-electron chi connectivity index (χ1n) is 8.31. The minimum absolute atomic E-state index is 0.192. The molecule has 25 heavy (non-hydrogen) atoms. The maximum Gasteiger partial charge on any atom is 0.319 e. The van der Waals surface area contributed by atoms with Gasteiger partial charge in [-0.05, 0) is 41.7 Å². The summed E-state index contributed by atoms with van der Waals surface area (Å²) in [5.74, 6) is 1.42. The molecule has 2 aromatic carbocycles. The standard InChI is InChI=1S/C20H20N2O3/c1-24-14-9-13(10-15(11-14)25-2)18-17-8-7-12-5-3-4-6-16(12)19(17)22-20(23)21-18/h3-6,9-11,18H,7-8H2,1-2H3,(H2,21,22,23). The van der Waals surface area contributed by atoms with Crippen LogP contribution >= 0.6 is 0 Å². The molecule has 0 saturated heterocycles. The monoisotopic (exact) mass is 336 g/mol. The molecule has 0 bridgehead atoms. The quantitative estimate of drug-likeness (QED) is 0.903. The largest absolute Gasteiger partial charge is 0.497 e. The lowest BCUT2D eigenvalue weighted by molar-refractivity contribution is 0.240. The Bertz CT molecular complexity index is 851. The number of carbonyl (C=O) groups is 1. The number of methoxy groups -OCH3 is 2. The molecule has 1 aliphatic carbocycles. The topological polar surface area (TPSA) is 59.6 Å². The number of hydrogen-bond donors (Lipinski definition) is 2. The summed E-state index contributed by atoms with van der Waals surface area (Å²) in [6.07, 6.45) is 1.86. The molecule has 5 heteroatoms. The molecule has 4 rings (SSSR count). The highest BCUT2D eigenvalue weighted by Crippen LogP contribution is 2.40. The van der Waals surface area contributed by atoms with Crippen LogP contribution in [-0.4, -0.2) is 20.3 Å². The second-order valence-electron chi connectivity index (χ2n) is 6.23. The van der Waals surface area contributed by atoms with Gasteiger partial charge in [0.25, 0.3) is 0 Å². The molecule has 0 fully saturated rings. The van der Waals surface area contributed by atoms with Gasteiger partial charge < -0.3 is 20.1 Å². The summed E-state index contributed by atoms with van der Waals surface area (Å²) in [5, 5.41) is 6.04. The summed E-state index contributed by atoms with van der Waals surface area (Å²) in [6.45, 7) is 0. The minimum atomic E-state index is -0.193. The van der Waals surface area contributed by atoms with Gasteiger partial charge >= 0.3 is 6.03 Å². The van der Waals surface area contributed by atoms with Gasteiger partial charge in [0, 0.05) is 11.6 Å². The number of fused-ring (bicyclic) bond motifs is 2. The Morgan fingerprint density at radius 2 is 1.72 bits per heavy atom. The lowest BCUT2D eigenvalue weighted by Crippen LogP contribution is -2.44. The number of carbonyl (C=O) groups excluding carboxylic acids is 1. The van der Waals surface area contributed by atoms with E-state index in [2.05, 4.69) is 22.8 Å². The fraction of sp³-hybridized carbons (Fsp3) is 0.250. The molecule has 1 atom stereocenters. The number of amides is 2. The number of nitrogens with one attached hydrogen (secondary N) is 2. The van der Waals surface area contributed by atoms with Crippen LogP contribution in [0.15, 0.2) is 48.0 Å². The first-order valence-corrected chi connectivity index (χ1v) is 8.31. The Labute approximate surface area is 146 Å². The van der Waals surface area contributed by atoms with E-state index >= 15 is 0 Å². The second-order valence-corrected chi connectivity index (χ2v) is 6.23. The predicted molar refractivity (Wildman–Crippen MR) is 95.6 cm³/mol. The fourth-order valence-corrected chi connectivity index (χ4v) is 3.63. The van der Waals surface area contributed by atoms with E-state index in [0.29, 0.717) is 11.5 Å². The van der Waals surface area contributed by atoms with Crippen molar-refractivity contribution in [2.24, 2.45) is 0 Å². The molecule has 128 valence electrons. The Hall–Kier alpha value is -2.95. The van der Waals surface area contributed by atoms with Crippen LogP contribution < -0.4 is 20.1 Å². The zero-order valence-electron chi connectivity index (χ0n) is 14.3. The fourth-order valence-electron chi connectivity index (χ4n) is 3.63. The molecule has 2 aromatic rings. The smallest absolute Gasteiger partial charge is 0.319 e. The van der Waals surface area contributed by atoms with Crippen molar-refractivity contribution in [3.63, 3.8) is 0 Å². The highest BCUT2D eigenvalue weighted by Gasteiger charge is 2.32. The van der Waals surface area contributed by atoms with Crippen LogP contribution in [0.25, 0.3) is 5.70 Å². The van der Waals surface area contributed by atoms with Crippen LogP contribution in [0.5, 0.6) is 11.5 Å².